The lowest BCUT2D eigenvalue weighted by Crippen LogP contribution is -2.35. The molecule has 0 aliphatic carbocycles. The summed E-state index contributed by atoms with van der Waals surface area (Å²) in [7, 11) is 0.0826. The topological polar surface area (TPSA) is 78.9 Å². The van der Waals surface area contributed by atoms with Crippen molar-refractivity contribution in [2.45, 2.75) is 24.2 Å². The number of benzene rings is 2. The van der Waals surface area contributed by atoms with E-state index in [1.165, 1.54) is 4.31 Å². The second kappa shape index (κ2) is 9.98. The second-order valence-corrected chi connectivity index (χ2v) is 9.55. The predicted molar refractivity (Wildman–Crippen MR) is 123 cm³/mol. The van der Waals surface area contributed by atoms with Gasteiger partial charge in [0.2, 0.25) is 10.0 Å². The number of amides is 1. The minimum absolute atomic E-state index is 0.184. The van der Waals surface area contributed by atoms with Gasteiger partial charge in [-0.3, -0.25) is 4.79 Å². The first-order valence-electron chi connectivity index (χ1n) is 10.3. The summed E-state index contributed by atoms with van der Waals surface area (Å²) in [5.41, 5.74) is 1.61. The van der Waals surface area contributed by atoms with E-state index in [2.05, 4.69) is 11.9 Å². The van der Waals surface area contributed by atoms with Gasteiger partial charge < -0.3 is 15.0 Å². The maximum Gasteiger partial charge on any atom is 0.255 e. The van der Waals surface area contributed by atoms with Gasteiger partial charge in [-0.15, -0.1) is 0 Å². The summed E-state index contributed by atoms with van der Waals surface area (Å²) in [5.74, 6) is 0.311. The maximum absolute atomic E-state index is 13.1. The first-order valence-corrected chi connectivity index (χ1v) is 11.7. The molecule has 1 aliphatic heterocycles. The Balaban J connectivity index is 1.85. The molecule has 0 aromatic heterocycles. The van der Waals surface area contributed by atoms with Crippen LogP contribution < -0.4 is 15.0 Å². The van der Waals surface area contributed by atoms with E-state index < -0.39 is 10.0 Å². The number of hydrogen-bond acceptors (Lipinski definition) is 5. The predicted octanol–water partition coefficient (Wildman–Crippen LogP) is 3.74. The van der Waals surface area contributed by atoms with Crippen molar-refractivity contribution in [1.82, 2.24) is 4.31 Å². The van der Waals surface area contributed by atoms with E-state index in [1.54, 1.807) is 48.5 Å². The number of nitrogens with zero attached hydrogens (tertiary/aromatic N) is 2. The van der Waals surface area contributed by atoms with Gasteiger partial charge in [-0.05, 0) is 55.3 Å². The van der Waals surface area contributed by atoms with Crippen LogP contribution in [0.2, 0.25) is 0 Å². The van der Waals surface area contributed by atoms with E-state index in [0.29, 0.717) is 36.7 Å². The fourth-order valence-corrected chi connectivity index (χ4v) is 5.02. The number of piperidine rings is 1. The van der Waals surface area contributed by atoms with Crippen molar-refractivity contribution in [3.8, 4) is 5.75 Å². The van der Waals surface area contributed by atoms with Crippen LogP contribution in [-0.2, 0) is 10.0 Å². The molecule has 2 aromatic rings. The van der Waals surface area contributed by atoms with Crippen LogP contribution in [0.3, 0.4) is 0 Å². The first-order chi connectivity index (χ1) is 14.8. The monoisotopic (exact) mass is 443 g/mol. The summed E-state index contributed by atoms with van der Waals surface area (Å²) in [6.45, 7) is 5.05. The minimum Gasteiger partial charge on any atom is -0.490 e. The lowest BCUT2D eigenvalue weighted by molar-refractivity contribution is 0.102. The van der Waals surface area contributed by atoms with Crippen LogP contribution in [0.5, 0.6) is 5.75 Å². The van der Waals surface area contributed by atoms with E-state index in [9.17, 15) is 13.2 Å². The third kappa shape index (κ3) is 5.45. The third-order valence-electron chi connectivity index (χ3n) is 5.14. The van der Waals surface area contributed by atoms with Gasteiger partial charge in [0.05, 0.1) is 16.3 Å². The highest BCUT2D eigenvalue weighted by atomic mass is 32.2. The fraction of sp³-hybridized carbons (Fsp3) is 0.348. The van der Waals surface area contributed by atoms with Gasteiger partial charge in [0.25, 0.3) is 5.91 Å². The largest absolute Gasteiger partial charge is 0.490 e. The lowest BCUT2D eigenvalue weighted by Gasteiger charge is -2.26. The highest BCUT2D eigenvalue weighted by Gasteiger charge is 2.27. The number of carbonyl (C=O) groups excluding carboxylic acids is 1. The van der Waals surface area contributed by atoms with Crippen molar-refractivity contribution in [2.75, 3.05) is 44.0 Å². The molecule has 8 heteroatoms. The van der Waals surface area contributed by atoms with Crippen molar-refractivity contribution in [3.05, 3.63) is 60.7 Å². The van der Waals surface area contributed by atoms with Gasteiger partial charge in [-0.1, -0.05) is 19.1 Å². The van der Waals surface area contributed by atoms with Gasteiger partial charge in [-0.2, -0.15) is 4.31 Å². The Labute approximate surface area is 184 Å². The normalized spacial score (nSPS) is 14.6. The summed E-state index contributed by atoms with van der Waals surface area (Å²) in [4.78, 5) is 14.8. The number of rotatable bonds is 8. The average Bonchev–Trinajstić information content (AvgIpc) is 2.78. The maximum atomic E-state index is 13.1. The Morgan fingerprint density at radius 3 is 2.42 bits per heavy atom. The molecule has 1 heterocycles. The van der Waals surface area contributed by atoms with Crippen LogP contribution in [0.4, 0.5) is 11.4 Å². The zero-order chi connectivity index (χ0) is 22.4. The Hall–Kier alpha value is -2.84. The summed E-state index contributed by atoms with van der Waals surface area (Å²) in [6, 6.07) is 11.6. The van der Waals surface area contributed by atoms with Crippen LogP contribution >= 0.6 is 0 Å². The van der Waals surface area contributed by atoms with E-state index in [-0.39, 0.29) is 10.8 Å². The van der Waals surface area contributed by atoms with Gasteiger partial charge in [-0.25, -0.2) is 8.42 Å². The summed E-state index contributed by atoms with van der Waals surface area (Å²) >= 11 is 0. The van der Waals surface area contributed by atoms with Crippen molar-refractivity contribution < 1.29 is 17.9 Å². The minimum atomic E-state index is -3.60. The number of hydrogen-bond donors (Lipinski definition) is 1. The highest BCUT2D eigenvalue weighted by molar-refractivity contribution is 7.89. The third-order valence-corrected chi connectivity index (χ3v) is 7.03. The molecule has 0 spiro atoms. The molecule has 3 rings (SSSR count). The van der Waals surface area contributed by atoms with Crippen molar-refractivity contribution in [3.63, 3.8) is 0 Å². The van der Waals surface area contributed by atoms with Gasteiger partial charge in [0.15, 0.2) is 0 Å². The molecular formula is C23H29N3O4S. The van der Waals surface area contributed by atoms with Crippen LogP contribution in [0.1, 0.15) is 29.6 Å². The van der Waals surface area contributed by atoms with E-state index in [1.807, 2.05) is 19.0 Å². The number of sulfonamides is 1. The van der Waals surface area contributed by atoms with E-state index >= 15 is 0 Å². The SMILES string of the molecule is C=CCOc1ccc(C(=O)Nc2cc(S(=O)(=O)N3CCCCC3)ccc2N(C)C)cc1. The van der Waals surface area contributed by atoms with Crippen LogP contribution in [0.15, 0.2) is 60.0 Å². The average molecular weight is 444 g/mol. The summed E-state index contributed by atoms with van der Waals surface area (Å²) in [5, 5.41) is 2.87. The molecule has 1 aliphatic rings. The van der Waals surface area contributed by atoms with Gasteiger partial charge in [0.1, 0.15) is 12.4 Å². The van der Waals surface area contributed by atoms with Crippen molar-refractivity contribution in [1.29, 1.82) is 0 Å². The smallest absolute Gasteiger partial charge is 0.255 e. The molecule has 31 heavy (non-hydrogen) atoms. The Bertz CT molecular complexity index is 1030. The summed E-state index contributed by atoms with van der Waals surface area (Å²) in [6.07, 6.45) is 4.43. The molecule has 0 saturated carbocycles. The number of anilines is 2. The molecule has 2 aromatic carbocycles. The molecule has 166 valence electrons. The van der Waals surface area contributed by atoms with Gasteiger partial charge in [0, 0.05) is 32.7 Å². The molecule has 0 unspecified atom stereocenters. The first kappa shape index (κ1) is 22.8. The number of nitrogens with one attached hydrogen (secondary N) is 1. The molecular weight excluding hydrogens is 414 g/mol. The molecule has 0 radical (unpaired) electrons. The van der Waals surface area contributed by atoms with Crippen LogP contribution in [0.25, 0.3) is 0 Å². The molecule has 1 amide bonds. The van der Waals surface area contributed by atoms with Crippen molar-refractivity contribution in [2.24, 2.45) is 0 Å². The molecule has 7 nitrogen and oxygen atoms in total. The second-order valence-electron chi connectivity index (χ2n) is 7.62. The van der Waals surface area contributed by atoms with E-state index in [4.69, 9.17) is 4.74 Å². The standard InChI is InChI=1S/C23H29N3O4S/c1-4-16-30-19-10-8-18(9-11-19)23(27)24-21-17-20(12-13-22(21)25(2)3)31(28,29)26-14-6-5-7-15-26/h4,8-13,17H,1,5-7,14-16H2,2-3H3,(H,24,27). The highest BCUT2D eigenvalue weighted by Crippen LogP contribution is 2.30. The Morgan fingerprint density at radius 1 is 1.13 bits per heavy atom. The fourth-order valence-electron chi connectivity index (χ4n) is 3.47. The summed E-state index contributed by atoms with van der Waals surface area (Å²) < 4.78 is 33.1. The van der Waals surface area contributed by atoms with E-state index in [0.717, 1.165) is 24.9 Å². The lowest BCUT2D eigenvalue weighted by atomic mass is 10.2. The van der Waals surface area contributed by atoms with Crippen LogP contribution in [0, 0.1) is 0 Å². The zero-order valence-electron chi connectivity index (χ0n) is 18.0. The Morgan fingerprint density at radius 2 is 1.81 bits per heavy atom. The number of ether oxygens (including phenoxy) is 1. The molecule has 1 fully saturated rings. The van der Waals surface area contributed by atoms with Crippen molar-refractivity contribution >= 4 is 27.3 Å². The van der Waals surface area contributed by atoms with Crippen LogP contribution in [-0.4, -0.2) is 52.4 Å². The molecule has 1 saturated heterocycles. The zero-order valence-corrected chi connectivity index (χ0v) is 18.8. The molecule has 0 atom stereocenters. The molecule has 1 N–H and O–H groups in total. The quantitative estimate of drug-likeness (QED) is 0.629. The number of carbonyl (C=O) groups is 1. The van der Waals surface area contributed by atoms with Gasteiger partial charge >= 0.3 is 0 Å². The molecule has 0 bridgehead atoms. The Kier molecular flexibility index (Phi) is 7.35.